The van der Waals surface area contributed by atoms with Crippen molar-refractivity contribution in [3.63, 3.8) is 0 Å². The van der Waals surface area contributed by atoms with Crippen LogP contribution in [0.2, 0.25) is 0 Å². The van der Waals surface area contributed by atoms with Crippen LogP contribution in [0, 0.1) is 0 Å². The van der Waals surface area contributed by atoms with E-state index in [2.05, 4.69) is 35.4 Å². The van der Waals surface area contributed by atoms with E-state index >= 15 is 0 Å². The van der Waals surface area contributed by atoms with Crippen LogP contribution in [0.25, 0.3) is 0 Å². The molecule has 1 aromatic heterocycles. The Bertz CT molecular complexity index is 773. The maximum Gasteiger partial charge on any atom is 0.225 e. The van der Waals surface area contributed by atoms with Gasteiger partial charge in [-0.1, -0.05) is 30.3 Å². The third-order valence-corrected chi connectivity index (χ3v) is 4.70. The Morgan fingerprint density at radius 1 is 1.27 bits per heavy atom. The van der Waals surface area contributed by atoms with Gasteiger partial charge in [-0.2, -0.15) is 0 Å². The molecule has 4 rings (SSSR count). The van der Waals surface area contributed by atoms with Gasteiger partial charge in [0.1, 0.15) is 0 Å². The van der Waals surface area contributed by atoms with Crippen LogP contribution in [-0.2, 0) is 20.0 Å². The summed E-state index contributed by atoms with van der Waals surface area (Å²) in [7, 11) is 1.93. The lowest BCUT2D eigenvalue weighted by atomic mass is 9.87. The lowest BCUT2D eigenvalue weighted by Gasteiger charge is -2.36. The van der Waals surface area contributed by atoms with Crippen LogP contribution < -0.4 is 5.73 Å². The van der Waals surface area contributed by atoms with E-state index in [1.54, 1.807) is 0 Å². The monoisotopic (exact) mass is 293 g/mol. The number of nitrogens with two attached hydrogens (primary N) is 1. The SMILES string of the molecule is Cn1cc2c3c1C(=O)C(N)=CC3N(Cc1ccccc1)CC2. The Morgan fingerprint density at radius 3 is 2.82 bits per heavy atom. The van der Waals surface area contributed by atoms with Gasteiger partial charge in [-0.05, 0) is 23.6 Å². The number of allylic oxidation sites excluding steroid dienone is 1. The van der Waals surface area contributed by atoms with E-state index in [9.17, 15) is 4.79 Å². The average molecular weight is 293 g/mol. The van der Waals surface area contributed by atoms with Crippen LogP contribution in [0.5, 0.6) is 0 Å². The highest BCUT2D eigenvalue weighted by atomic mass is 16.1. The van der Waals surface area contributed by atoms with Crippen LogP contribution in [0.3, 0.4) is 0 Å². The third kappa shape index (κ3) is 1.91. The smallest absolute Gasteiger partial charge is 0.225 e. The number of carbonyl (C=O) groups is 1. The zero-order valence-corrected chi connectivity index (χ0v) is 12.6. The topological polar surface area (TPSA) is 51.3 Å². The maximum absolute atomic E-state index is 12.4. The van der Waals surface area contributed by atoms with Gasteiger partial charge in [-0.15, -0.1) is 0 Å². The van der Waals surface area contributed by atoms with E-state index in [0.29, 0.717) is 5.70 Å². The molecule has 0 bridgehead atoms. The number of Topliss-reactive ketones (excluding diaryl/α,β-unsaturated/α-hetero) is 1. The lowest BCUT2D eigenvalue weighted by molar-refractivity contribution is 0.101. The van der Waals surface area contributed by atoms with Gasteiger partial charge in [0.25, 0.3) is 0 Å². The van der Waals surface area contributed by atoms with E-state index in [1.807, 2.05) is 23.8 Å². The largest absolute Gasteiger partial charge is 0.396 e. The second kappa shape index (κ2) is 4.85. The standard InChI is InChI=1S/C18H19N3O/c1-20-11-13-7-8-21(10-12-5-3-2-4-6-12)15-9-14(19)18(22)17(20)16(13)15/h2-6,9,11,15H,7-8,10,19H2,1H3. The van der Waals surface area contributed by atoms with Crippen LogP contribution in [-0.4, -0.2) is 21.8 Å². The summed E-state index contributed by atoms with van der Waals surface area (Å²) in [5, 5.41) is 0. The van der Waals surface area contributed by atoms with Gasteiger partial charge in [0, 0.05) is 31.9 Å². The summed E-state index contributed by atoms with van der Waals surface area (Å²) in [4.78, 5) is 14.8. The van der Waals surface area contributed by atoms with E-state index in [0.717, 1.165) is 30.8 Å². The molecule has 0 radical (unpaired) electrons. The molecule has 2 aromatic rings. The van der Waals surface area contributed by atoms with Crippen molar-refractivity contribution in [2.45, 2.75) is 19.0 Å². The number of aryl methyl sites for hydroxylation is 1. The Hall–Kier alpha value is -2.33. The zero-order valence-electron chi connectivity index (χ0n) is 12.6. The molecule has 1 aliphatic carbocycles. The summed E-state index contributed by atoms with van der Waals surface area (Å²) < 4.78 is 1.94. The Kier molecular flexibility index (Phi) is 2.94. The fourth-order valence-electron chi connectivity index (χ4n) is 3.67. The number of rotatable bonds is 2. The molecule has 2 aliphatic rings. The molecule has 22 heavy (non-hydrogen) atoms. The summed E-state index contributed by atoms with van der Waals surface area (Å²) >= 11 is 0. The summed E-state index contributed by atoms with van der Waals surface area (Å²) in [6.07, 6.45) is 4.99. The predicted octanol–water partition coefficient (Wildman–Crippen LogP) is 2.16. The molecule has 4 heteroatoms. The number of hydrogen-bond acceptors (Lipinski definition) is 3. The fraction of sp³-hybridized carbons (Fsp3) is 0.278. The molecule has 1 aromatic carbocycles. The van der Waals surface area contributed by atoms with Crippen LogP contribution >= 0.6 is 0 Å². The molecule has 0 amide bonds. The van der Waals surface area contributed by atoms with Gasteiger partial charge in [0.2, 0.25) is 5.78 Å². The van der Waals surface area contributed by atoms with E-state index < -0.39 is 0 Å². The van der Waals surface area contributed by atoms with Gasteiger partial charge in [-0.3, -0.25) is 9.69 Å². The van der Waals surface area contributed by atoms with Crippen molar-refractivity contribution in [3.8, 4) is 0 Å². The van der Waals surface area contributed by atoms with E-state index in [-0.39, 0.29) is 11.8 Å². The molecule has 4 nitrogen and oxygen atoms in total. The number of nitrogens with zero attached hydrogens (tertiary/aromatic N) is 2. The molecule has 1 unspecified atom stereocenters. The molecule has 0 fully saturated rings. The molecule has 2 N–H and O–H groups in total. The number of ketones is 1. The number of aromatic nitrogens is 1. The van der Waals surface area contributed by atoms with Gasteiger partial charge < -0.3 is 10.3 Å². The first-order chi connectivity index (χ1) is 10.6. The van der Waals surface area contributed by atoms with Crippen LogP contribution in [0.1, 0.15) is 33.2 Å². The highest BCUT2D eigenvalue weighted by Gasteiger charge is 2.36. The van der Waals surface area contributed by atoms with Crippen molar-refractivity contribution >= 4 is 5.78 Å². The number of carbonyl (C=O) groups excluding carboxylic acids is 1. The Labute approximate surface area is 129 Å². The molecule has 0 saturated heterocycles. The zero-order chi connectivity index (χ0) is 15.3. The highest BCUT2D eigenvalue weighted by molar-refractivity contribution is 6.09. The van der Waals surface area contributed by atoms with Crippen LogP contribution in [0.4, 0.5) is 0 Å². The molecule has 0 spiro atoms. The highest BCUT2D eigenvalue weighted by Crippen LogP contribution is 2.39. The van der Waals surface area contributed by atoms with E-state index in [1.165, 1.54) is 11.1 Å². The molecule has 0 saturated carbocycles. The summed E-state index contributed by atoms with van der Waals surface area (Å²) in [5.41, 5.74) is 10.8. The van der Waals surface area contributed by atoms with Crippen molar-refractivity contribution < 1.29 is 4.79 Å². The average Bonchev–Trinajstić information content (AvgIpc) is 2.86. The first-order valence-corrected chi connectivity index (χ1v) is 7.63. The van der Waals surface area contributed by atoms with Crippen molar-refractivity contribution in [2.24, 2.45) is 12.8 Å². The Balaban J connectivity index is 1.76. The summed E-state index contributed by atoms with van der Waals surface area (Å²) in [5.74, 6) is -0.0402. The van der Waals surface area contributed by atoms with Gasteiger partial charge in [-0.25, -0.2) is 0 Å². The van der Waals surface area contributed by atoms with Gasteiger partial charge in [0.05, 0.1) is 17.4 Å². The summed E-state index contributed by atoms with van der Waals surface area (Å²) in [6, 6.07) is 10.5. The maximum atomic E-state index is 12.4. The van der Waals surface area contributed by atoms with Crippen molar-refractivity contribution in [2.75, 3.05) is 6.54 Å². The minimum absolute atomic E-state index is 0.0402. The summed E-state index contributed by atoms with van der Waals surface area (Å²) in [6.45, 7) is 1.85. The molecule has 2 heterocycles. The van der Waals surface area contributed by atoms with Crippen molar-refractivity contribution in [3.05, 3.63) is 70.7 Å². The minimum atomic E-state index is -0.0402. The van der Waals surface area contributed by atoms with Gasteiger partial charge in [0.15, 0.2) is 0 Å². The normalized spacial score (nSPS) is 20.7. The van der Waals surface area contributed by atoms with Crippen LogP contribution in [0.15, 0.2) is 48.3 Å². The minimum Gasteiger partial charge on any atom is -0.396 e. The first-order valence-electron chi connectivity index (χ1n) is 7.63. The van der Waals surface area contributed by atoms with E-state index in [4.69, 9.17) is 5.73 Å². The molecule has 112 valence electrons. The number of hydrogen-bond donors (Lipinski definition) is 1. The second-order valence-corrected chi connectivity index (χ2v) is 6.13. The quantitative estimate of drug-likeness (QED) is 0.923. The molecular weight excluding hydrogens is 274 g/mol. The predicted molar refractivity (Wildman–Crippen MR) is 85.3 cm³/mol. The number of benzene rings is 1. The molecule has 1 atom stereocenters. The fourth-order valence-corrected chi connectivity index (χ4v) is 3.67. The molecule has 1 aliphatic heterocycles. The van der Waals surface area contributed by atoms with Gasteiger partial charge >= 0.3 is 0 Å². The van der Waals surface area contributed by atoms with Crippen molar-refractivity contribution in [1.82, 2.24) is 9.47 Å². The van der Waals surface area contributed by atoms with Crippen molar-refractivity contribution in [1.29, 1.82) is 0 Å². The molecular formula is C18H19N3O. The first kappa shape index (κ1) is 13.3. The Morgan fingerprint density at radius 2 is 2.05 bits per heavy atom. The second-order valence-electron chi connectivity index (χ2n) is 6.13. The lowest BCUT2D eigenvalue weighted by Crippen LogP contribution is -2.37. The third-order valence-electron chi connectivity index (χ3n) is 4.70.